The molecule has 118 valence electrons. The van der Waals surface area contributed by atoms with Gasteiger partial charge in [-0.25, -0.2) is 16.8 Å². The summed E-state index contributed by atoms with van der Waals surface area (Å²) in [5, 5.41) is 0. The van der Waals surface area contributed by atoms with Crippen molar-refractivity contribution in [3.05, 3.63) is 23.8 Å². The molecule has 0 spiro atoms. The van der Waals surface area contributed by atoms with E-state index in [0.717, 1.165) is 0 Å². The standard InChI is InChI=1S/C13H20N2O4S2/c1-3-8-20(16,17)14-13-6-5-12(10-11(13)2)15-7-4-9-21(15,18)19/h5-6,10,14H,3-4,7-9H2,1-2H3. The summed E-state index contributed by atoms with van der Waals surface area (Å²) >= 11 is 0. The molecule has 1 aliphatic heterocycles. The number of hydrogen-bond donors (Lipinski definition) is 1. The lowest BCUT2D eigenvalue weighted by Gasteiger charge is -2.19. The highest BCUT2D eigenvalue weighted by molar-refractivity contribution is 7.93. The van der Waals surface area contributed by atoms with Crippen molar-refractivity contribution in [3.63, 3.8) is 0 Å². The van der Waals surface area contributed by atoms with Gasteiger partial charge >= 0.3 is 0 Å². The summed E-state index contributed by atoms with van der Waals surface area (Å²) in [6, 6.07) is 4.96. The molecule has 1 aliphatic rings. The first-order valence-corrected chi connectivity index (χ1v) is 10.1. The van der Waals surface area contributed by atoms with Gasteiger partial charge in [-0.05, 0) is 43.5 Å². The molecule has 1 saturated heterocycles. The molecule has 0 atom stereocenters. The number of benzene rings is 1. The normalized spacial score (nSPS) is 17.9. The molecule has 0 unspecified atom stereocenters. The molecule has 2 rings (SSSR count). The molecule has 1 heterocycles. The van der Waals surface area contributed by atoms with Crippen molar-refractivity contribution in [1.29, 1.82) is 0 Å². The Labute approximate surface area is 126 Å². The molecule has 21 heavy (non-hydrogen) atoms. The van der Waals surface area contributed by atoms with E-state index >= 15 is 0 Å². The van der Waals surface area contributed by atoms with Gasteiger partial charge in [0.1, 0.15) is 0 Å². The minimum Gasteiger partial charge on any atom is -0.283 e. The largest absolute Gasteiger partial charge is 0.283 e. The Bertz CT molecular complexity index is 727. The third-order valence-electron chi connectivity index (χ3n) is 3.34. The number of nitrogens with zero attached hydrogens (tertiary/aromatic N) is 1. The van der Waals surface area contributed by atoms with Crippen LogP contribution in [0.1, 0.15) is 25.3 Å². The van der Waals surface area contributed by atoms with E-state index in [1.165, 1.54) is 4.31 Å². The molecule has 0 saturated carbocycles. The Morgan fingerprint density at radius 1 is 1.33 bits per heavy atom. The Balaban J connectivity index is 2.26. The molecule has 0 aromatic heterocycles. The molecule has 0 radical (unpaired) electrons. The van der Waals surface area contributed by atoms with Gasteiger partial charge in [0, 0.05) is 6.54 Å². The van der Waals surface area contributed by atoms with Crippen molar-refractivity contribution in [2.24, 2.45) is 0 Å². The summed E-state index contributed by atoms with van der Waals surface area (Å²) in [6.07, 6.45) is 1.16. The van der Waals surface area contributed by atoms with Crippen molar-refractivity contribution in [2.75, 3.05) is 27.1 Å². The molecule has 8 heteroatoms. The van der Waals surface area contributed by atoms with Crippen LogP contribution in [0.15, 0.2) is 18.2 Å². The van der Waals surface area contributed by atoms with Crippen LogP contribution in [0.4, 0.5) is 11.4 Å². The zero-order chi connectivity index (χ0) is 15.7. The van der Waals surface area contributed by atoms with Crippen molar-refractivity contribution < 1.29 is 16.8 Å². The maximum Gasteiger partial charge on any atom is 0.235 e. The van der Waals surface area contributed by atoms with Crippen LogP contribution in [0, 0.1) is 6.92 Å². The second kappa shape index (κ2) is 5.84. The fourth-order valence-corrected chi connectivity index (χ4v) is 5.09. The van der Waals surface area contributed by atoms with E-state index in [1.807, 2.05) is 0 Å². The maximum atomic E-state index is 11.9. The molecular formula is C13H20N2O4S2. The third-order valence-corrected chi connectivity index (χ3v) is 6.68. The number of hydrogen-bond acceptors (Lipinski definition) is 4. The van der Waals surface area contributed by atoms with E-state index in [4.69, 9.17) is 0 Å². The summed E-state index contributed by atoms with van der Waals surface area (Å²) in [4.78, 5) is 0. The van der Waals surface area contributed by atoms with Crippen molar-refractivity contribution in [2.45, 2.75) is 26.7 Å². The number of sulfonamides is 2. The van der Waals surface area contributed by atoms with Gasteiger partial charge in [0.05, 0.1) is 22.9 Å². The van der Waals surface area contributed by atoms with Gasteiger partial charge in [-0.3, -0.25) is 9.03 Å². The lowest BCUT2D eigenvalue weighted by atomic mass is 10.2. The molecular weight excluding hydrogens is 312 g/mol. The predicted octanol–water partition coefficient (Wildman–Crippen LogP) is 1.69. The van der Waals surface area contributed by atoms with Crippen LogP contribution in [0.5, 0.6) is 0 Å². The first kappa shape index (κ1) is 16.1. The molecule has 0 bridgehead atoms. The third kappa shape index (κ3) is 3.68. The average Bonchev–Trinajstić information content (AvgIpc) is 2.71. The van der Waals surface area contributed by atoms with Gasteiger partial charge in [-0.15, -0.1) is 0 Å². The average molecular weight is 332 g/mol. The lowest BCUT2D eigenvalue weighted by Crippen LogP contribution is -2.25. The lowest BCUT2D eigenvalue weighted by molar-refractivity contribution is 0.597. The van der Waals surface area contributed by atoms with Crippen molar-refractivity contribution >= 4 is 31.4 Å². The highest BCUT2D eigenvalue weighted by atomic mass is 32.2. The number of aryl methyl sites for hydroxylation is 1. The Hall–Kier alpha value is -1.28. The SMILES string of the molecule is CCCS(=O)(=O)Nc1ccc(N2CCCS2(=O)=O)cc1C. The predicted molar refractivity (Wildman–Crippen MR) is 84.6 cm³/mol. The van der Waals surface area contributed by atoms with Gasteiger partial charge in [-0.2, -0.15) is 0 Å². The zero-order valence-electron chi connectivity index (χ0n) is 12.2. The second-order valence-electron chi connectivity index (χ2n) is 5.16. The minimum atomic E-state index is -3.34. The first-order chi connectivity index (χ1) is 9.75. The fraction of sp³-hybridized carbons (Fsp3) is 0.538. The van der Waals surface area contributed by atoms with E-state index in [-0.39, 0.29) is 11.5 Å². The molecule has 6 nitrogen and oxygen atoms in total. The van der Waals surface area contributed by atoms with Gasteiger partial charge in [0.15, 0.2) is 0 Å². The number of nitrogens with one attached hydrogen (secondary N) is 1. The summed E-state index contributed by atoms with van der Waals surface area (Å²) in [7, 11) is -6.56. The van der Waals surface area contributed by atoms with Crippen LogP contribution in [0.2, 0.25) is 0 Å². The van der Waals surface area contributed by atoms with Gasteiger partial charge in [-0.1, -0.05) is 6.92 Å². The Kier molecular flexibility index (Phi) is 4.48. The Morgan fingerprint density at radius 2 is 2.05 bits per heavy atom. The quantitative estimate of drug-likeness (QED) is 0.889. The minimum absolute atomic E-state index is 0.0642. The van der Waals surface area contributed by atoms with Crippen LogP contribution >= 0.6 is 0 Å². The summed E-state index contributed by atoms with van der Waals surface area (Å²) < 4.78 is 51.2. The first-order valence-electron chi connectivity index (χ1n) is 6.87. The zero-order valence-corrected chi connectivity index (χ0v) is 13.8. The van der Waals surface area contributed by atoms with Crippen LogP contribution in [0.3, 0.4) is 0 Å². The maximum absolute atomic E-state index is 11.9. The van der Waals surface area contributed by atoms with E-state index in [1.54, 1.807) is 32.0 Å². The molecule has 1 aromatic rings. The van der Waals surface area contributed by atoms with Crippen LogP contribution < -0.4 is 9.03 Å². The van der Waals surface area contributed by atoms with Gasteiger partial charge in [0.25, 0.3) is 0 Å². The van der Waals surface area contributed by atoms with E-state index in [9.17, 15) is 16.8 Å². The number of rotatable bonds is 5. The van der Waals surface area contributed by atoms with Crippen molar-refractivity contribution in [1.82, 2.24) is 0 Å². The molecule has 0 aliphatic carbocycles. The number of anilines is 2. The molecule has 1 aromatic carbocycles. The molecule has 0 amide bonds. The monoisotopic (exact) mass is 332 g/mol. The Morgan fingerprint density at radius 3 is 2.57 bits per heavy atom. The topological polar surface area (TPSA) is 83.6 Å². The van der Waals surface area contributed by atoms with Crippen LogP contribution in [-0.2, 0) is 20.0 Å². The van der Waals surface area contributed by atoms with E-state index < -0.39 is 20.0 Å². The molecule has 1 fully saturated rings. The van der Waals surface area contributed by atoms with E-state index in [0.29, 0.717) is 36.3 Å². The smallest absolute Gasteiger partial charge is 0.235 e. The summed E-state index contributed by atoms with van der Waals surface area (Å²) in [5.74, 6) is 0.228. The summed E-state index contributed by atoms with van der Waals surface area (Å²) in [5.41, 5.74) is 1.78. The highest BCUT2D eigenvalue weighted by Crippen LogP contribution is 2.28. The van der Waals surface area contributed by atoms with Gasteiger partial charge < -0.3 is 0 Å². The van der Waals surface area contributed by atoms with Crippen LogP contribution in [0.25, 0.3) is 0 Å². The van der Waals surface area contributed by atoms with Crippen molar-refractivity contribution in [3.8, 4) is 0 Å². The molecule has 1 N–H and O–H groups in total. The second-order valence-corrected chi connectivity index (χ2v) is 9.02. The fourth-order valence-electron chi connectivity index (χ4n) is 2.33. The van der Waals surface area contributed by atoms with Gasteiger partial charge in [0.2, 0.25) is 20.0 Å². The van der Waals surface area contributed by atoms with Crippen LogP contribution in [-0.4, -0.2) is 34.9 Å². The highest BCUT2D eigenvalue weighted by Gasteiger charge is 2.28. The van der Waals surface area contributed by atoms with E-state index in [2.05, 4.69) is 4.72 Å². The summed E-state index contributed by atoms with van der Waals surface area (Å²) in [6.45, 7) is 4.03.